The van der Waals surface area contributed by atoms with E-state index in [9.17, 15) is 19.2 Å². The second-order valence-corrected chi connectivity index (χ2v) is 8.41. The van der Waals surface area contributed by atoms with Crippen molar-refractivity contribution in [1.29, 1.82) is 0 Å². The molecule has 7 nitrogen and oxygen atoms in total. The van der Waals surface area contributed by atoms with Gasteiger partial charge in [0.05, 0.1) is 16.7 Å². The highest BCUT2D eigenvalue weighted by Gasteiger charge is 2.40. The minimum Gasteiger partial charge on any atom is -0.452 e. The molecule has 1 N–H and O–H groups in total. The van der Waals surface area contributed by atoms with Gasteiger partial charge in [0.2, 0.25) is 0 Å². The van der Waals surface area contributed by atoms with Crippen molar-refractivity contribution >= 4 is 23.7 Å². The number of carbonyl (C=O) groups is 4. The van der Waals surface area contributed by atoms with E-state index in [1.54, 1.807) is 0 Å². The number of nitrogens with one attached hydrogen (secondary N) is 1. The quantitative estimate of drug-likeness (QED) is 0.634. The van der Waals surface area contributed by atoms with E-state index >= 15 is 0 Å². The van der Waals surface area contributed by atoms with Crippen LogP contribution in [0.15, 0.2) is 18.2 Å². The summed E-state index contributed by atoms with van der Waals surface area (Å²) in [5.41, 5.74) is 0.266. The predicted molar refractivity (Wildman–Crippen MR) is 102 cm³/mol. The molecule has 0 atom stereocenters. The topological polar surface area (TPSA) is 92.8 Å². The first-order chi connectivity index (χ1) is 13.2. The Hall–Kier alpha value is -2.70. The highest BCUT2D eigenvalue weighted by molar-refractivity contribution is 6.22. The van der Waals surface area contributed by atoms with Crippen LogP contribution in [0, 0.1) is 0 Å². The van der Waals surface area contributed by atoms with Gasteiger partial charge in [0.15, 0.2) is 6.61 Å². The fourth-order valence-electron chi connectivity index (χ4n) is 3.73. The maximum Gasteiger partial charge on any atom is 0.338 e. The number of hydrogen-bond donors (Lipinski definition) is 1. The number of ether oxygens (including phenoxy) is 1. The molecule has 2 aliphatic rings. The molecule has 1 aromatic carbocycles. The number of imide groups is 1. The largest absolute Gasteiger partial charge is 0.452 e. The van der Waals surface area contributed by atoms with Crippen molar-refractivity contribution in [1.82, 2.24) is 10.2 Å². The fraction of sp³-hybridized carbons (Fsp3) is 0.524. The van der Waals surface area contributed by atoms with Gasteiger partial charge in [-0.05, 0) is 51.8 Å². The molecule has 1 aromatic rings. The van der Waals surface area contributed by atoms with Crippen molar-refractivity contribution in [2.45, 2.75) is 64.5 Å². The molecule has 0 spiro atoms. The van der Waals surface area contributed by atoms with Gasteiger partial charge in [-0.1, -0.05) is 19.3 Å². The number of nitrogens with zero attached hydrogens (tertiary/aromatic N) is 1. The van der Waals surface area contributed by atoms with Gasteiger partial charge in [0.1, 0.15) is 0 Å². The van der Waals surface area contributed by atoms with Gasteiger partial charge >= 0.3 is 5.97 Å². The second-order valence-electron chi connectivity index (χ2n) is 8.41. The standard InChI is InChI=1S/C21H26N2O5/c1-21(2,3)22-17(24)12-28-20(27)13-9-10-15-16(11-13)19(26)23(18(15)25)14-7-5-4-6-8-14/h9-11,14H,4-8,12H2,1-3H3,(H,22,24). The molecule has 1 saturated carbocycles. The summed E-state index contributed by atoms with van der Waals surface area (Å²) in [7, 11) is 0. The van der Waals surface area contributed by atoms with E-state index in [0.29, 0.717) is 5.56 Å². The highest BCUT2D eigenvalue weighted by Crippen LogP contribution is 2.31. The Labute approximate surface area is 164 Å². The van der Waals surface area contributed by atoms with Crippen molar-refractivity contribution in [3.05, 3.63) is 34.9 Å². The minimum atomic E-state index is -0.705. The Kier molecular flexibility index (Phi) is 5.54. The maximum atomic E-state index is 12.8. The van der Waals surface area contributed by atoms with Crippen LogP contribution < -0.4 is 5.32 Å². The van der Waals surface area contributed by atoms with E-state index in [0.717, 1.165) is 32.1 Å². The molecule has 0 saturated heterocycles. The summed E-state index contributed by atoms with van der Waals surface area (Å²) in [6, 6.07) is 4.27. The summed E-state index contributed by atoms with van der Waals surface area (Å²) in [6.45, 7) is 5.07. The van der Waals surface area contributed by atoms with Crippen molar-refractivity contribution in [2.75, 3.05) is 6.61 Å². The number of esters is 1. The third kappa shape index (κ3) is 4.24. The van der Waals surface area contributed by atoms with Crippen LogP contribution in [-0.4, -0.2) is 46.8 Å². The molecule has 0 aromatic heterocycles. The predicted octanol–water partition coefficient (Wildman–Crippen LogP) is 2.69. The van der Waals surface area contributed by atoms with Gasteiger partial charge in [-0.2, -0.15) is 0 Å². The molecule has 1 fully saturated rings. The molecule has 1 aliphatic carbocycles. The molecule has 0 bridgehead atoms. The number of benzene rings is 1. The van der Waals surface area contributed by atoms with E-state index in [1.807, 2.05) is 20.8 Å². The number of amides is 3. The maximum absolute atomic E-state index is 12.8. The summed E-state index contributed by atoms with van der Waals surface area (Å²) in [6.07, 6.45) is 4.78. The van der Waals surface area contributed by atoms with E-state index in [-0.39, 0.29) is 29.0 Å². The summed E-state index contributed by atoms with van der Waals surface area (Å²) >= 11 is 0. The van der Waals surface area contributed by atoms with Crippen LogP contribution in [0.1, 0.15) is 83.9 Å². The average molecular weight is 386 g/mol. The van der Waals surface area contributed by atoms with Gasteiger partial charge in [0.25, 0.3) is 17.7 Å². The molecule has 3 amide bonds. The normalized spacial score (nSPS) is 17.5. The number of carbonyl (C=O) groups excluding carboxylic acids is 4. The van der Waals surface area contributed by atoms with Crippen LogP contribution in [0.2, 0.25) is 0 Å². The van der Waals surface area contributed by atoms with Crippen molar-refractivity contribution in [3.63, 3.8) is 0 Å². The van der Waals surface area contributed by atoms with Crippen LogP contribution in [0.4, 0.5) is 0 Å². The molecule has 1 aliphatic heterocycles. The first kappa shape index (κ1) is 20.0. The molecular formula is C21H26N2O5. The molecule has 1 heterocycles. The Morgan fingerprint density at radius 3 is 2.36 bits per heavy atom. The molecule has 0 radical (unpaired) electrons. The van der Waals surface area contributed by atoms with Crippen LogP contribution in [-0.2, 0) is 9.53 Å². The van der Waals surface area contributed by atoms with Crippen LogP contribution >= 0.6 is 0 Å². The Balaban J connectivity index is 1.70. The third-order valence-electron chi connectivity index (χ3n) is 4.94. The van der Waals surface area contributed by atoms with Gasteiger partial charge < -0.3 is 10.1 Å². The molecule has 7 heteroatoms. The number of hydrogen-bond acceptors (Lipinski definition) is 5. The Morgan fingerprint density at radius 2 is 1.71 bits per heavy atom. The lowest BCUT2D eigenvalue weighted by Crippen LogP contribution is -2.42. The smallest absolute Gasteiger partial charge is 0.338 e. The highest BCUT2D eigenvalue weighted by atomic mass is 16.5. The van der Waals surface area contributed by atoms with Crippen molar-refractivity contribution in [2.24, 2.45) is 0 Å². The zero-order chi connectivity index (χ0) is 20.5. The molecule has 3 rings (SSSR count). The minimum absolute atomic E-state index is 0.0716. The van der Waals surface area contributed by atoms with E-state index < -0.39 is 24.0 Å². The average Bonchev–Trinajstić information content (AvgIpc) is 2.89. The van der Waals surface area contributed by atoms with Gasteiger partial charge in [0, 0.05) is 11.6 Å². The molecule has 0 unspecified atom stereocenters. The van der Waals surface area contributed by atoms with Crippen LogP contribution in [0.5, 0.6) is 0 Å². The third-order valence-corrected chi connectivity index (χ3v) is 4.94. The summed E-state index contributed by atoms with van der Waals surface area (Å²) < 4.78 is 5.04. The van der Waals surface area contributed by atoms with Crippen molar-refractivity contribution < 1.29 is 23.9 Å². The molecule has 150 valence electrons. The van der Waals surface area contributed by atoms with Crippen LogP contribution in [0.3, 0.4) is 0 Å². The van der Waals surface area contributed by atoms with Gasteiger partial charge in [-0.3, -0.25) is 19.3 Å². The van der Waals surface area contributed by atoms with E-state index in [2.05, 4.69) is 5.32 Å². The fourth-order valence-corrected chi connectivity index (χ4v) is 3.73. The molecular weight excluding hydrogens is 360 g/mol. The van der Waals surface area contributed by atoms with E-state index in [1.165, 1.54) is 23.1 Å². The Morgan fingerprint density at radius 1 is 1.07 bits per heavy atom. The SMILES string of the molecule is CC(C)(C)NC(=O)COC(=O)c1ccc2c(c1)C(=O)N(C1CCCCC1)C2=O. The molecule has 28 heavy (non-hydrogen) atoms. The zero-order valence-corrected chi connectivity index (χ0v) is 16.5. The summed E-state index contributed by atoms with van der Waals surface area (Å²) in [5.74, 6) is -1.76. The second kappa shape index (κ2) is 7.73. The van der Waals surface area contributed by atoms with Crippen LogP contribution in [0.25, 0.3) is 0 Å². The lowest BCUT2D eigenvalue weighted by atomic mass is 9.94. The van der Waals surface area contributed by atoms with Gasteiger partial charge in [-0.25, -0.2) is 4.79 Å². The van der Waals surface area contributed by atoms with Crippen molar-refractivity contribution in [3.8, 4) is 0 Å². The lowest BCUT2D eigenvalue weighted by Gasteiger charge is -2.29. The first-order valence-electron chi connectivity index (χ1n) is 9.67. The summed E-state index contributed by atoms with van der Waals surface area (Å²) in [4.78, 5) is 50.9. The Bertz CT molecular complexity index is 819. The summed E-state index contributed by atoms with van der Waals surface area (Å²) in [5, 5.41) is 2.70. The number of rotatable bonds is 4. The first-order valence-corrected chi connectivity index (χ1v) is 9.67. The van der Waals surface area contributed by atoms with Gasteiger partial charge in [-0.15, -0.1) is 0 Å². The lowest BCUT2D eigenvalue weighted by molar-refractivity contribution is -0.125. The van der Waals surface area contributed by atoms with E-state index in [4.69, 9.17) is 4.74 Å². The number of fused-ring (bicyclic) bond motifs is 1. The zero-order valence-electron chi connectivity index (χ0n) is 16.5. The monoisotopic (exact) mass is 386 g/mol.